The van der Waals surface area contributed by atoms with Gasteiger partial charge in [0.25, 0.3) is 0 Å². The van der Waals surface area contributed by atoms with Crippen molar-refractivity contribution in [2.24, 2.45) is 4.99 Å². The molecule has 1 aromatic carbocycles. The second kappa shape index (κ2) is 10.8. The van der Waals surface area contributed by atoms with Gasteiger partial charge in [0, 0.05) is 30.6 Å². The van der Waals surface area contributed by atoms with Crippen molar-refractivity contribution in [2.75, 3.05) is 26.7 Å². The number of nitrogens with zero attached hydrogens (tertiary/aromatic N) is 2. The number of guanidine groups is 1. The molecule has 6 nitrogen and oxygen atoms in total. The number of thiazole rings is 1. The van der Waals surface area contributed by atoms with E-state index in [1.54, 1.807) is 18.4 Å². The number of hydrogen-bond donors (Lipinski definition) is 3. The normalized spacial score (nSPS) is 12.7. The first-order valence-electron chi connectivity index (χ1n) is 8.94. The van der Waals surface area contributed by atoms with E-state index in [9.17, 15) is 5.11 Å². The highest BCUT2D eigenvalue weighted by molar-refractivity contribution is 7.11. The highest BCUT2D eigenvalue weighted by atomic mass is 32.1. The molecule has 3 N–H and O–H groups in total. The number of aromatic nitrogens is 1. The minimum atomic E-state index is -0.651. The molecule has 0 saturated carbocycles. The molecule has 0 aliphatic carbocycles. The van der Waals surface area contributed by atoms with E-state index in [1.165, 1.54) is 4.88 Å². The average Bonchev–Trinajstić information content (AvgIpc) is 3.14. The predicted molar refractivity (Wildman–Crippen MR) is 107 cm³/mol. The van der Waals surface area contributed by atoms with Gasteiger partial charge in [-0.25, -0.2) is 4.98 Å². The smallest absolute Gasteiger partial charge is 0.191 e. The molecule has 0 saturated heterocycles. The summed E-state index contributed by atoms with van der Waals surface area (Å²) in [6.07, 6.45) is 3.18. The number of aryl methyl sites for hydroxylation is 1. The van der Waals surface area contributed by atoms with E-state index in [2.05, 4.69) is 27.5 Å². The molecule has 0 amide bonds. The Morgan fingerprint density at radius 1 is 1.27 bits per heavy atom. The lowest BCUT2D eigenvalue weighted by Crippen LogP contribution is -2.38. The maximum atomic E-state index is 10.3. The van der Waals surface area contributed by atoms with Crippen LogP contribution in [0.15, 0.2) is 35.5 Å². The van der Waals surface area contributed by atoms with E-state index >= 15 is 0 Å². The molecule has 1 aromatic heterocycles. The molecule has 0 fully saturated rings. The van der Waals surface area contributed by atoms with Gasteiger partial charge in [-0.1, -0.05) is 19.1 Å². The third-order valence-electron chi connectivity index (χ3n) is 3.85. The molecule has 0 radical (unpaired) electrons. The van der Waals surface area contributed by atoms with Gasteiger partial charge in [-0.05, 0) is 31.0 Å². The monoisotopic (exact) mass is 376 g/mol. The third-order valence-corrected chi connectivity index (χ3v) is 5.05. The number of methoxy groups -OCH3 is 1. The molecule has 26 heavy (non-hydrogen) atoms. The second-order valence-corrected chi connectivity index (χ2v) is 6.96. The van der Waals surface area contributed by atoms with Crippen LogP contribution in [-0.4, -0.2) is 42.8 Å². The molecule has 2 aromatic rings. The number of ether oxygens (including phenoxy) is 1. The van der Waals surface area contributed by atoms with Crippen molar-refractivity contribution in [1.29, 1.82) is 0 Å². The SMILES string of the molecule is CCNC(=NCC(O)c1ccc(OC)cc1)NCCc1ncc(CC)s1. The molecule has 0 aliphatic heterocycles. The van der Waals surface area contributed by atoms with Crippen LogP contribution in [0.5, 0.6) is 5.75 Å². The molecule has 142 valence electrons. The number of nitrogens with one attached hydrogen (secondary N) is 2. The van der Waals surface area contributed by atoms with Gasteiger partial charge in [0.1, 0.15) is 5.75 Å². The lowest BCUT2D eigenvalue weighted by molar-refractivity contribution is 0.187. The van der Waals surface area contributed by atoms with Gasteiger partial charge < -0.3 is 20.5 Å². The van der Waals surface area contributed by atoms with Crippen LogP contribution in [0.1, 0.15) is 35.4 Å². The summed E-state index contributed by atoms with van der Waals surface area (Å²) in [5.41, 5.74) is 0.820. The molecule has 1 atom stereocenters. The first-order valence-corrected chi connectivity index (χ1v) is 9.75. The Hall–Kier alpha value is -2.12. The molecular formula is C19H28N4O2S. The van der Waals surface area contributed by atoms with Crippen molar-refractivity contribution >= 4 is 17.3 Å². The maximum Gasteiger partial charge on any atom is 0.191 e. The number of rotatable bonds is 9. The largest absolute Gasteiger partial charge is 0.497 e. The predicted octanol–water partition coefficient (Wildman–Crippen LogP) is 2.55. The Labute approximate surface area is 159 Å². The summed E-state index contributed by atoms with van der Waals surface area (Å²) in [5, 5.41) is 17.9. The van der Waals surface area contributed by atoms with Gasteiger partial charge in [0.05, 0.1) is 24.8 Å². The fraction of sp³-hybridized carbons (Fsp3) is 0.474. The van der Waals surface area contributed by atoms with Crippen molar-refractivity contribution in [1.82, 2.24) is 15.6 Å². The summed E-state index contributed by atoms with van der Waals surface area (Å²) in [4.78, 5) is 10.2. The average molecular weight is 377 g/mol. The minimum Gasteiger partial charge on any atom is -0.497 e. The fourth-order valence-electron chi connectivity index (χ4n) is 2.37. The molecule has 1 unspecified atom stereocenters. The molecule has 0 aliphatic rings. The first-order chi connectivity index (χ1) is 12.7. The zero-order valence-electron chi connectivity index (χ0n) is 15.7. The standard InChI is InChI=1S/C19H28N4O2S/c1-4-16-12-22-18(26-16)10-11-21-19(20-5-2)23-13-17(24)14-6-8-15(25-3)9-7-14/h6-9,12,17,24H,4-5,10-11,13H2,1-3H3,(H2,20,21,23). The highest BCUT2D eigenvalue weighted by Gasteiger charge is 2.08. The van der Waals surface area contributed by atoms with Crippen molar-refractivity contribution in [3.8, 4) is 5.75 Å². The quantitative estimate of drug-likeness (QED) is 0.463. The van der Waals surface area contributed by atoms with Crippen molar-refractivity contribution < 1.29 is 9.84 Å². The molecular weight excluding hydrogens is 348 g/mol. The number of benzene rings is 1. The number of aliphatic imine (C=N–C) groups is 1. The zero-order chi connectivity index (χ0) is 18.8. The van der Waals surface area contributed by atoms with Crippen LogP contribution in [0.3, 0.4) is 0 Å². The van der Waals surface area contributed by atoms with Crippen LogP contribution in [0.2, 0.25) is 0 Å². The van der Waals surface area contributed by atoms with Crippen molar-refractivity contribution in [2.45, 2.75) is 32.8 Å². The Bertz CT molecular complexity index is 685. The van der Waals surface area contributed by atoms with Crippen molar-refractivity contribution in [3.63, 3.8) is 0 Å². The first kappa shape index (κ1) is 20.2. The van der Waals surface area contributed by atoms with Gasteiger partial charge in [-0.15, -0.1) is 11.3 Å². The van der Waals surface area contributed by atoms with Crippen LogP contribution >= 0.6 is 11.3 Å². The molecule has 7 heteroatoms. The van der Waals surface area contributed by atoms with Gasteiger partial charge in [-0.2, -0.15) is 0 Å². The lowest BCUT2D eigenvalue weighted by atomic mass is 10.1. The summed E-state index contributed by atoms with van der Waals surface area (Å²) in [5.74, 6) is 1.47. The maximum absolute atomic E-state index is 10.3. The Balaban J connectivity index is 1.85. The van der Waals surface area contributed by atoms with Crippen LogP contribution in [0.4, 0.5) is 0 Å². The van der Waals surface area contributed by atoms with E-state index in [-0.39, 0.29) is 0 Å². The van der Waals surface area contributed by atoms with Crippen molar-refractivity contribution in [3.05, 3.63) is 45.9 Å². The van der Waals surface area contributed by atoms with Gasteiger partial charge >= 0.3 is 0 Å². The molecule has 2 rings (SSSR count). The van der Waals surface area contributed by atoms with Crippen LogP contribution in [0, 0.1) is 0 Å². The number of aliphatic hydroxyl groups excluding tert-OH is 1. The molecule has 0 bridgehead atoms. The van der Waals surface area contributed by atoms with E-state index < -0.39 is 6.10 Å². The van der Waals surface area contributed by atoms with E-state index in [4.69, 9.17) is 4.74 Å². The zero-order valence-corrected chi connectivity index (χ0v) is 16.5. The summed E-state index contributed by atoms with van der Waals surface area (Å²) in [6, 6.07) is 7.38. The van der Waals surface area contributed by atoms with Crippen LogP contribution < -0.4 is 15.4 Å². The molecule has 1 heterocycles. The minimum absolute atomic E-state index is 0.291. The Morgan fingerprint density at radius 2 is 2.04 bits per heavy atom. The number of hydrogen-bond acceptors (Lipinski definition) is 5. The Kier molecular flexibility index (Phi) is 8.37. The Morgan fingerprint density at radius 3 is 2.65 bits per heavy atom. The van der Waals surface area contributed by atoms with Gasteiger partial charge in [0.2, 0.25) is 0 Å². The summed E-state index contributed by atoms with van der Waals surface area (Å²) in [7, 11) is 1.62. The van der Waals surface area contributed by atoms with E-state index in [1.807, 2.05) is 37.4 Å². The van der Waals surface area contributed by atoms with E-state index in [0.29, 0.717) is 12.5 Å². The number of aliphatic hydroxyl groups is 1. The summed E-state index contributed by atoms with van der Waals surface area (Å²) < 4.78 is 5.14. The summed E-state index contributed by atoms with van der Waals surface area (Å²) >= 11 is 1.75. The van der Waals surface area contributed by atoms with Gasteiger partial charge in [0.15, 0.2) is 5.96 Å². The molecule has 0 spiro atoms. The topological polar surface area (TPSA) is 78.8 Å². The lowest BCUT2D eigenvalue weighted by Gasteiger charge is -2.13. The van der Waals surface area contributed by atoms with Crippen LogP contribution in [-0.2, 0) is 12.8 Å². The summed E-state index contributed by atoms with van der Waals surface area (Å²) in [6.45, 7) is 5.97. The van der Waals surface area contributed by atoms with E-state index in [0.717, 1.165) is 42.3 Å². The second-order valence-electron chi connectivity index (χ2n) is 5.76. The fourth-order valence-corrected chi connectivity index (χ4v) is 3.23. The third kappa shape index (κ3) is 6.31. The highest BCUT2D eigenvalue weighted by Crippen LogP contribution is 2.17. The van der Waals surface area contributed by atoms with Gasteiger partial charge in [-0.3, -0.25) is 4.99 Å². The van der Waals surface area contributed by atoms with Crippen LogP contribution in [0.25, 0.3) is 0 Å².